The third-order valence-electron chi connectivity index (χ3n) is 10.9. The van der Waals surface area contributed by atoms with Crippen LogP contribution in [0, 0.1) is 0 Å². The highest BCUT2D eigenvalue weighted by Gasteiger charge is 2.38. The molecule has 3 atom stereocenters. The minimum Gasteiger partial charge on any atom is -0.362 e. The molecule has 4 heterocycles. The Balaban J connectivity index is 1.12. The second kappa shape index (κ2) is 9.81. The Morgan fingerprint density at radius 3 is 2.67 bits per heavy atom. The van der Waals surface area contributed by atoms with Gasteiger partial charge in [0.05, 0.1) is 34.5 Å². The Hall–Kier alpha value is -3.90. The summed E-state index contributed by atoms with van der Waals surface area (Å²) in [5.41, 5.74) is 11.3. The van der Waals surface area contributed by atoms with Crippen LogP contribution in [0.5, 0.6) is 0 Å². The van der Waals surface area contributed by atoms with Gasteiger partial charge in [-0.1, -0.05) is 31.7 Å². The standard InChI is InChI=1S/C37H42N6/c1-6-22(2)43-23(3)8-15-33(43)35-38-21-32(39-35)27-11-13-28-24(18-27)9-10-25-20-30-26(19-29(25)28)12-14-31-34(30)41-36(40-31)37(4)16-7-17-42(37)5/h11-14,18-21,23,33H,2,6-10,15-17H2,1,3-5H3,(H,38,39)(H,40,41)/t23-,33?,37-/m0/s1. The molecule has 0 spiro atoms. The van der Waals surface area contributed by atoms with Crippen molar-refractivity contribution in [1.82, 2.24) is 29.7 Å². The van der Waals surface area contributed by atoms with E-state index >= 15 is 0 Å². The fraction of sp³-hybridized carbons (Fsp3) is 0.405. The summed E-state index contributed by atoms with van der Waals surface area (Å²) in [5.74, 6) is 2.16. The SMILES string of the molecule is C=C(CC)N1C(c2ncc(-c3ccc4c(c3)CCc3cc5c(ccc6[nH]c([C@]7(C)CCCN7C)nc65)cc3-4)[nH]2)CC[C@@H]1C. The number of nitrogens with one attached hydrogen (secondary N) is 2. The third kappa shape index (κ3) is 4.10. The Labute approximate surface area is 254 Å². The third-order valence-corrected chi connectivity index (χ3v) is 10.9. The van der Waals surface area contributed by atoms with Crippen LogP contribution in [-0.2, 0) is 18.4 Å². The first-order valence-corrected chi connectivity index (χ1v) is 16.2. The van der Waals surface area contributed by atoms with Gasteiger partial charge in [0.15, 0.2) is 0 Å². The average molecular weight is 571 g/mol. The number of aryl methyl sites for hydroxylation is 2. The number of rotatable bonds is 5. The summed E-state index contributed by atoms with van der Waals surface area (Å²) < 4.78 is 0. The topological polar surface area (TPSA) is 63.8 Å². The fourth-order valence-corrected chi connectivity index (χ4v) is 8.12. The molecule has 2 aliphatic heterocycles. The van der Waals surface area contributed by atoms with E-state index in [2.05, 4.69) is 96.6 Å². The number of aromatic amines is 2. The van der Waals surface area contributed by atoms with Crippen LogP contribution in [0.15, 0.2) is 60.9 Å². The first-order valence-electron chi connectivity index (χ1n) is 16.2. The Kier molecular flexibility index (Phi) is 6.10. The van der Waals surface area contributed by atoms with E-state index in [1.165, 1.54) is 57.1 Å². The van der Waals surface area contributed by atoms with Gasteiger partial charge in [0.1, 0.15) is 11.6 Å². The summed E-state index contributed by atoms with van der Waals surface area (Å²) in [6.07, 6.45) is 9.72. The van der Waals surface area contributed by atoms with E-state index in [9.17, 15) is 0 Å². The number of benzene rings is 3. The van der Waals surface area contributed by atoms with Crippen molar-refractivity contribution < 1.29 is 0 Å². The molecular weight excluding hydrogens is 528 g/mol. The largest absolute Gasteiger partial charge is 0.362 e. The summed E-state index contributed by atoms with van der Waals surface area (Å²) in [7, 11) is 2.22. The highest BCUT2D eigenvalue weighted by Crippen LogP contribution is 2.42. The van der Waals surface area contributed by atoms with Gasteiger partial charge in [0, 0.05) is 17.1 Å². The van der Waals surface area contributed by atoms with Crippen molar-refractivity contribution in [3.63, 3.8) is 0 Å². The summed E-state index contributed by atoms with van der Waals surface area (Å²) in [4.78, 5) is 22.4. The molecule has 1 aliphatic carbocycles. The zero-order valence-corrected chi connectivity index (χ0v) is 25.9. The maximum absolute atomic E-state index is 5.22. The van der Waals surface area contributed by atoms with Crippen LogP contribution in [0.1, 0.15) is 81.7 Å². The highest BCUT2D eigenvalue weighted by atomic mass is 15.2. The fourth-order valence-electron chi connectivity index (χ4n) is 8.12. The van der Waals surface area contributed by atoms with Gasteiger partial charge in [-0.2, -0.15) is 0 Å². The quantitative estimate of drug-likeness (QED) is 0.223. The van der Waals surface area contributed by atoms with Crippen LogP contribution in [0.25, 0.3) is 44.2 Å². The van der Waals surface area contributed by atoms with Gasteiger partial charge in [0.25, 0.3) is 0 Å². The van der Waals surface area contributed by atoms with E-state index in [-0.39, 0.29) is 11.6 Å². The van der Waals surface area contributed by atoms with Crippen LogP contribution in [0.3, 0.4) is 0 Å². The lowest BCUT2D eigenvalue weighted by molar-refractivity contribution is 0.187. The molecule has 220 valence electrons. The normalized spacial score (nSPS) is 23.8. The highest BCUT2D eigenvalue weighted by molar-refractivity contribution is 6.06. The maximum Gasteiger partial charge on any atom is 0.129 e. The van der Waals surface area contributed by atoms with Crippen molar-refractivity contribution in [3.05, 3.63) is 83.7 Å². The van der Waals surface area contributed by atoms with Crippen LogP contribution in [0.4, 0.5) is 0 Å². The minimum absolute atomic E-state index is 0.0232. The Morgan fingerprint density at radius 2 is 1.88 bits per heavy atom. The van der Waals surface area contributed by atoms with E-state index < -0.39 is 0 Å². The Bertz CT molecular complexity index is 1890. The first-order chi connectivity index (χ1) is 20.8. The molecule has 43 heavy (non-hydrogen) atoms. The second-order valence-corrected chi connectivity index (χ2v) is 13.4. The van der Waals surface area contributed by atoms with Crippen LogP contribution in [0.2, 0.25) is 0 Å². The predicted octanol–water partition coefficient (Wildman–Crippen LogP) is 8.26. The van der Waals surface area contributed by atoms with Gasteiger partial charge in [-0.15, -0.1) is 0 Å². The lowest BCUT2D eigenvalue weighted by Crippen LogP contribution is -2.36. The molecule has 6 heteroatoms. The molecule has 8 rings (SSSR count). The van der Waals surface area contributed by atoms with Crippen molar-refractivity contribution >= 4 is 21.8 Å². The number of aromatic nitrogens is 4. The molecule has 3 aromatic carbocycles. The molecule has 5 aromatic rings. The van der Waals surface area contributed by atoms with E-state index in [0.717, 1.165) is 67.0 Å². The number of nitrogens with zero attached hydrogens (tertiary/aromatic N) is 4. The summed E-state index contributed by atoms with van der Waals surface area (Å²) in [5, 5.41) is 2.52. The summed E-state index contributed by atoms with van der Waals surface area (Å²) in [6.45, 7) is 12.3. The van der Waals surface area contributed by atoms with Gasteiger partial charge >= 0.3 is 0 Å². The van der Waals surface area contributed by atoms with Gasteiger partial charge < -0.3 is 14.9 Å². The number of likely N-dealkylation sites (tertiary alicyclic amines) is 2. The molecular formula is C37H42N6. The molecule has 3 aliphatic rings. The number of fused-ring (bicyclic) bond motifs is 6. The number of imidazole rings is 2. The van der Waals surface area contributed by atoms with Gasteiger partial charge in [-0.25, -0.2) is 9.97 Å². The molecule has 0 radical (unpaired) electrons. The molecule has 2 saturated heterocycles. The number of H-pyrrole nitrogens is 2. The van der Waals surface area contributed by atoms with E-state index in [1.54, 1.807) is 0 Å². The average Bonchev–Trinajstić information content (AvgIpc) is 3.82. The number of hydrogen-bond donors (Lipinski definition) is 2. The number of hydrogen-bond acceptors (Lipinski definition) is 4. The zero-order chi connectivity index (χ0) is 29.5. The smallest absolute Gasteiger partial charge is 0.129 e. The summed E-state index contributed by atoms with van der Waals surface area (Å²) in [6, 6.07) is 17.0. The molecule has 0 saturated carbocycles. The zero-order valence-electron chi connectivity index (χ0n) is 25.9. The van der Waals surface area contributed by atoms with Crippen molar-refractivity contribution in [2.75, 3.05) is 13.6 Å². The van der Waals surface area contributed by atoms with Crippen LogP contribution in [-0.4, -0.2) is 49.4 Å². The minimum atomic E-state index is -0.0232. The van der Waals surface area contributed by atoms with Crippen molar-refractivity contribution in [3.8, 4) is 22.4 Å². The molecule has 0 bridgehead atoms. The monoisotopic (exact) mass is 570 g/mol. The van der Waals surface area contributed by atoms with E-state index in [1.807, 2.05) is 6.20 Å². The Morgan fingerprint density at radius 1 is 1.05 bits per heavy atom. The van der Waals surface area contributed by atoms with E-state index in [0.29, 0.717) is 6.04 Å². The first kappa shape index (κ1) is 26.7. The lowest BCUT2D eigenvalue weighted by Gasteiger charge is -2.31. The molecule has 0 amide bonds. The van der Waals surface area contributed by atoms with Crippen molar-refractivity contribution in [2.45, 2.75) is 83.3 Å². The molecule has 1 unspecified atom stereocenters. The molecule has 2 aromatic heterocycles. The molecule has 2 N–H and O–H groups in total. The van der Waals surface area contributed by atoms with Crippen molar-refractivity contribution in [1.29, 1.82) is 0 Å². The van der Waals surface area contributed by atoms with Crippen molar-refractivity contribution in [2.24, 2.45) is 0 Å². The van der Waals surface area contributed by atoms with Gasteiger partial charge in [-0.3, -0.25) is 4.90 Å². The maximum atomic E-state index is 5.22. The lowest BCUT2D eigenvalue weighted by atomic mass is 9.83. The number of allylic oxidation sites excluding steroid dienone is 1. The van der Waals surface area contributed by atoms with Gasteiger partial charge in [0.2, 0.25) is 0 Å². The van der Waals surface area contributed by atoms with E-state index in [4.69, 9.17) is 9.97 Å². The van der Waals surface area contributed by atoms with Gasteiger partial charge in [-0.05, 0) is 130 Å². The van der Waals surface area contributed by atoms with Crippen LogP contribution < -0.4 is 0 Å². The molecule has 6 nitrogen and oxygen atoms in total. The molecule has 2 fully saturated rings. The summed E-state index contributed by atoms with van der Waals surface area (Å²) >= 11 is 0. The predicted molar refractivity (Wildman–Crippen MR) is 176 cm³/mol. The van der Waals surface area contributed by atoms with Crippen LogP contribution >= 0.6 is 0 Å². The second-order valence-electron chi connectivity index (χ2n) is 13.4.